The molecule has 1 heterocycles. The number of halogens is 1. The predicted octanol–water partition coefficient (Wildman–Crippen LogP) is 3.53. The highest BCUT2D eigenvalue weighted by molar-refractivity contribution is 5.23. The van der Waals surface area contributed by atoms with E-state index >= 15 is 0 Å². The smallest absolute Gasteiger partial charge is 0.126 e. The van der Waals surface area contributed by atoms with E-state index in [2.05, 4.69) is 11.0 Å². The van der Waals surface area contributed by atoms with Crippen molar-refractivity contribution in [1.82, 2.24) is 4.90 Å². The third-order valence-corrected chi connectivity index (χ3v) is 4.04. The minimum atomic E-state index is -0.605. The molecule has 0 aromatic heterocycles. The van der Waals surface area contributed by atoms with Gasteiger partial charge in [-0.2, -0.15) is 5.26 Å². The lowest BCUT2D eigenvalue weighted by molar-refractivity contribution is 0.156. The van der Waals surface area contributed by atoms with Crippen LogP contribution in [0, 0.1) is 17.1 Å². The number of nitriles is 1. The zero-order chi connectivity index (χ0) is 13.7. The molecule has 0 aliphatic carbocycles. The van der Waals surface area contributed by atoms with Gasteiger partial charge in [0.05, 0.1) is 6.07 Å². The van der Waals surface area contributed by atoms with Crippen LogP contribution in [0.3, 0.4) is 0 Å². The van der Waals surface area contributed by atoms with E-state index in [1.165, 1.54) is 18.9 Å². The lowest BCUT2D eigenvalue weighted by Gasteiger charge is -2.35. The second kappa shape index (κ2) is 6.16. The molecule has 0 bridgehead atoms. The van der Waals surface area contributed by atoms with Gasteiger partial charge in [-0.25, -0.2) is 4.39 Å². The van der Waals surface area contributed by atoms with Gasteiger partial charge in [-0.15, -0.1) is 0 Å². The summed E-state index contributed by atoms with van der Waals surface area (Å²) in [4.78, 5) is 2.23. The van der Waals surface area contributed by atoms with Gasteiger partial charge in [0.1, 0.15) is 11.4 Å². The van der Waals surface area contributed by atoms with E-state index in [4.69, 9.17) is 0 Å². The van der Waals surface area contributed by atoms with Crippen LogP contribution >= 0.6 is 0 Å². The van der Waals surface area contributed by atoms with E-state index < -0.39 is 5.54 Å². The second-order valence-corrected chi connectivity index (χ2v) is 5.56. The number of rotatable bonds is 3. The first-order valence-corrected chi connectivity index (χ1v) is 7.05. The summed E-state index contributed by atoms with van der Waals surface area (Å²) in [7, 11) is 0. The molecule has 1 fully saturated rings. The van der Waals surface area contributed by atoms with Crippen molar-refractivity contribution in [2.45, 2.75) is 44.6 Å². The van der Waals surface area contributed by atoms with Crippen LogP contribution in [0.5, 0.6) is 0 Å². The van der Waals surface area contributed by atoms with E-state index in [-0.39, 0.29) is 5.82 Å². The van der Waals surface area contributed by atoms with Crippen LogP contribution in [-0.4, -0.2) is 23.5 Å². The Morgan fingerprint density at radius 3 is 2.42 bits per heavy atom. The Morgan fingerprint density at radius 1 is 1.21 bits per heavy atom. The molecule has 1 aromatic carbocycles. The minimum absolute atomic E-state index is 0.209. The van der Waals surface area contributed by atoms with Gasteiger partial charge in [-0.05, 0) is 44.5 Å². The number of hydrogen-bond donors (Lipinski definition) is 0. The van der Waals surface area contributed by atoms with Crippen molar-refractivity contribution in [3.8, 4) is 6.07 Å². The van der Waals surface area contributed by atoms with E-state index in [9.17, 15) is 9.65 Å². The molecule has 102 valence electrons. The van der Waals surface area contributed by atoms with Gasteiger partial charge in [0, 0.05) is 6.42 Å². The SMILES string of the molecule is CC(C#N)(Cc1ccccc1F)N1CCCCCC1. The maximum absolute atomic E-state index is 13.8. The quantitative estimate of drug-likeness (QED) is 0.831. The summed E-state index contributed by atoms with van der Waals surface area (Å²) in [5, 5.41) is 9.57. The first-order valence-electron chi connectivity index (χ1n) is 7.05. The Balaban J connectivity index is 2.18. The fourth-order valence-corrected chi connectivity index (χ4v) is 2.80. The summed E-state index contributed by atoms with van der Waals surface area (Å²) < 4.78 is 13.8. The molecular weight excluding hydrogens is 239 g/mol. The van der Waals surface area contributed by atoms with Crippen molar-refractivity contribution >= 4 is 0 Å². The number of benzene rings is 1. The third kappa shape index (κ3) is 3.33. The zero-order valence-corrected chi connectivity index (χ0v) is 11.5. The van der Waals surface area contributed by atoms with E-state index in [1.54, 1.807) is 12.1 Å². The van der Waals surface area contributed by atoms with Gasteiger partial charge in [0.15, 0.2) is 0 Å². The Bertz CT molecular complexity index is 458. The fraction of sp³-hybridized carbons (Fsp3) is 0.562. The highest BCUT2D eigenvalue weighted by Gasteiger charge is 2.33. The normalized spacial score (nSPS) is 20.3. The Kier molecular flexibility index (Phi) is 4.55. The van der Waals surface area contributed by atoms with Gasteiger partial charge in [-0.1, -0.05) is 31.0 Å². The molecule has 0 amide bonds. The molecule has 2 nitrogen and oxygen atoms in total. The largest absolute Gasteiger partial charge is 0.285 e. The Hall–Kier alpha value is -1.40. The van der Waals surface area contributed by atoms with Crippen molar-refractivity contribution in [2.24, 2.45) is 0 Å². The van der Waals surface area contributed by atoms with Crippen molar-refractivity contribution in [3.63, 3.8) is 0 Å². The molecule has 1 aliphatic rings. The first-order chi connectivity index (χ1) is 9.15. The molecule has 0 saturated carbocycles. The standard InChI is InChI=1S/C16H21FN2/c1-16(13-18,19-10-6-2-3-7-11-19)12-14-8-4-5-9-15(14)17/h4-5,8-9H,2-3,6-7,10-12H2,1H3. The summed E-state index contributed by atoms with van der Waals surface area (Å²) >= 11 is 0. The molecule has 0 radical (unpaired) electrons. The Labute approximate surface area is 114 Å². The minimum Gasteiger partial charge on any atom is -0.285 e. The number of hydrogen-bond acceptors (Lipinski definition) is 2. The molecule has 2 rings (SSSR count). The molecule has 3 heteroatoms. The van der Waals surface area contributed by atoms with E-state index in [1.807, 2.05) is 13.0 Å². The van der Waals surface area contributed by atoms with Crippen LogP contribution in [0.25, 0.3) is 0 Å². The van der Waals surface area contributed by atoms with Crippen LogP contribution in [0.15, 0.2) is 24.3 Å². The molecule has 0 N–H and O–H groups in total. The monoisotopic (exact) mass is 260 g/mol. The van der Waals surface area contributed by atoms with Gasteiger partial charge in [0.2, 0.25) is 0 Å². The average molecular weight is 260 g/mol. The van der Waals surface area contributed by atoms with Gasteiger partial charge in [0.25, 0.3) is 0 Å². The van der Waals surface area contributed by atoms with Crippen molar-refractivity contribution in [1.29, 1.82) is 5.26 Å². The summed E-state index contributed by atoms with van der Waals surface area (Å²) in [6.07, 6.45) is 5.19. The van der Waals surface area contributed by atoms with Crippen molar-refractivity contribution < 1.29 is 4.39 Å². The summed E-state index contributed by atoms with van der Waals surface area (Å²) in [6, 6.07) is 9.18. The molecule has 19 heavy (non-hydrogen) atoms. The van der Waals surface area contributed by atoms with E-state index in [0.29, 0.717) is 12.0 Å². The third-order valence-electron chi connectivity index (χ3n) is 4.04. The molecule has 1 saturated heterocycles. The Morgan fingerprint density at radius 2 is 1.84 bits per heavy atom. The maximum atomic E-state index is 13.8. The average Bonchev–Trinajstić information content (AvgIpc) is 2.71. The molecule has 0 spiro atoms. The van der Waals surface area contributed by atoms with Gasteiger partial charge >= 0.3 is 0 Å². The topological polar surface area (TPSA) is 27.0 Å². The first kappa shape index (κ1) is 14.0. The van der Waals surface area contributed by atoms with Crippen LogP contribution in [0.2, 0.25) is 0 Å². The molecular formula is C16H21FN2. The highest BCUT2D eigenvalue weighted by atomic mass is 19.1. The fourth-order valence-electron chi connectivity index (χ4n) is 2.80. The predicted molar refractivity (Wildman–Crippen MR) is 74.2 cm³/mol. The zero-order valence-electron chi connectivity index (χ0n) is 11.5. The van der Waals surface area contributed by atoms with Crippen LogP contribution in [0.1, 0.15) is 38.2 Å². The molecule has 1 unspecified atom stereocenters. The summed E-state index contributed by atoms with van der Waals surface area (Å²) in [6.45, 7) is 3.82. The van der Waals surface area contributed by atoms with Crippen molar-refractivity contribution in [2.75, 3.05) is 13.1 Å². The lowest BCUT2D eigenvalue weighted by atomic mass is 9.91. The van der Waals surface area contributed by atoms with Crippen LogP contribution in [-0.2, 0) is 6.42 Å². The molecule has 1 aromatic rings. The number of likely N-dealkylation sites (tertiary alicyclic amines) is 1. The maximum Gasteiger partial charge on any atom is 0.126 e. The van der Waals surface area contributed by atoms with Crippen LogP contribution in [0.4, 0.5) is 4.39 Å². The van der Waals surface area contributed by atoms with Crippen molar-refractivity contribution in [3.05, 3.63) is 35.6 Å². The molecule has 1 aliphatic heterocycles. The van der Waals surface area contributed by atoms with E-state index in [0.717, 1.165) is 25.9 Å². The van der Waals surface area contributed by atoms with Gasteiger partial charge < -0.3 is 0 Å². The summed E-state index contributed by atoms with van der Waals surface area (Å²) in [5.41, 5.74) is 0.0304. The lowest BCUT2D eigenvalue weighted by Crippen LogP contribution is -2.47. The second-order valence-electron chi connectivity index (χ2n) is 5.56. The summed E-state index contributed by atoms with van der Waals surface area (Å²) in [5.74, 6) is -0.209. The van der Waals surface area contributed by atoms with Gasteiger partial charge in [-0.3, -0.25) is 4.90 Å². The molecule has 1 atom stereocenters. The highest BCUT2D eigenvalue weighted by Crippen LogP contribution is 2.25. The van der Waals surface area contributed by atoms with Crippen LogP contribution < -0.4 is 0 Å². The number of nitrogens with zero attached hydrogens (tertiary/aromatic N) is 2.